The molecule has 0 aromatic carbocycles. The Balaban J connectivity index is 2.02. The molecule has 2 rings (SSSR count). The van der Waals surface area contributed by atoms with Gasteiger partial charge in [0.25, 0.3) is 0 Å². The maximum absolute atomic E-state index is 15.1. The molecule has 0 heterocycles. The zero-order chi connectivity index (χ0) is 22.2. The summed E-state index contributed by atoms with van der Waals surface area (Å²) in [5.41, 5.74) is 1.04. The maximum atomic E-state index is 15.1. The molecule has 0 aliphatic heterocycles. The molecule has 31 heavy (non-hydrogen) atoms. The number of hydrogen-bond acceptors (Lipinski definition) is 1. The first-order valence-electron chi connectivity index (χ1n) is 14.6. The third-order valence-electron chi connectivity index (χ3n) is 8.18. The highest BCUT2D eigenvalue weighted by atomic mass is 31.2. The van der Waals surface area contributed by atoms with Crippen molar-refractivity contribution in [2.75, 3.05) is 13.1 Å². The van der Waals surface area contributed by atoms with Gasteiger partial charge in [-0.05, 0) is 38.5 Å². The van der Waals surface area contributed by atoms with Crippen molar-refractivity contribution in [3.63, 3.8) is 0 Å². The Hall–Kier alpha value is 0.190. The van der Waals surface area contributed by atoms with E-state index in [1.807, 2.05) is 0 Å². The minimum absolute atomic E-state index is 0.518. The number of unbranched alkanes of at least 4 members (excludes halogenated alkanes) is 10. The minimum Gasteiger partial charge on any atom is -0.306 e. The monoisotopic (exact) mass is 453 g/mol. The van der Waals surface area contributed by atoms with E-state index in [2.05, 4.69) is 18.5 Å². The molecule has 0 N–H and O–H groups in total. The highest BCUT2D eigenvalue weighted by Crippen LogP contribution is 2.65. The van der Waals surface area contributed by atoms with Crippen LogP contribution < -0.4 is 0 Å². The number of nitrogens with zero attached hydrogens (tertiary/aromatic N) is 1. The van der Waals surface area contributed by atoms with Gasteiger partial charge in [-0.15, -0.1) is 0 Å². The van der Waals surface area contributed by atoms with Crippen LogP contribution in [-0.2, 0) is 4.57 Å². The molecule has 184 valence electrons. The molecule has 2 aliphatic carbocycles. The Morgan fingerprint density at radius 1 is 0.548 bits per heavy atom. The molecule has 0 bridgehead atoms. The predicted molar refractivity (Wildman–Crippen MR) is 140 cm³/mol. The van der Waals surface area contributed by atoms with E-state index >= 15 is 4.57 Å². The van der Waals surface area contributed by atoms with E-state index in [4.69, 9.17) is 0 Å². The summed E-state index contributed by atoms with van der Waals surface area (Å²) >= 11 is 0. The molecule has 0 aromatic heterocycles. The van der Waals surface area contributed by atoms with E-state index in [0.29, 0.717) is 11.3 Å². The Morgan fingerprint density at radius 3 is 1.29 bits per heavy atom. The van der Waals surface area contributed by atoms with Crippen molar-refractivity contribution in [2.24, 2.45) is 0 Å². The lowest BCUT2D eigenvalue weighted by Gasteiger charge is -2.44. The summed E-state index contributed by atoms with van der Waals surface area (Å²) in [6.45, 7) is 6.83. The van der Waals surface area contributed by atoms with Gasteiger partial charge in [0.1, 0.15) is 0 Å². The van der Waals surface area contributed by atoms with Gasteiger partial charge in [-0.25, -0.2) is 0 Å². The van der Waals surface area contributed by atoms with Crippen molar-refractivity contribution >= 4 is 7.29 Å². The van der Waals surface area contributed by atoms with Crippen LogP contribution in [0.2, 0.25) is 0 Å². The first-order valence-corrected chi connectivity index (χ1v) is 16.4. The van der Waals surface area contributed by atoms with Crippen molar-refractivity contribution in [1.29, 1.82) is 0 Å². The van der Waals surface area contributed by atoms with Gasteiger partial charge in [0.2, 0.25) is 0 Å². The zero-order valence-corrected chi connectivity index (χ0v) is 22.3. The summed E-state index contributed by atoms with van der Waals surface area (Å²) in [5, 5.41) is 0. The molecule has 0 atom stereocenters. The first kappa shape index (κ1) is 27.4. The lowest BCUT2D eigenvalue weighted by atomic mass is 9.99. The van der Waals surface area contributed by atoms with Gasteiger partial charge in [-0.2, -0.15) is 0 Å². The van der Waals surface area contributed by atoms with E-state index in [1.54, 1.807) is 0 Å². The van der Waals surface area contributed by atoms with Crippen molar-refractivity contribution in [3.8, 4) is 0 Å². The van der Waals surface area contributed by atoms with Crippen LogP contribution >= 0.6 is 7.29 Å². The highest BCUT2D eigenvalue weighted by Gasteiger charge is 2.45. The summed E-state index contributed by atoms with van der Waals surface area (Å²) in [6, 6.07) is 0. The average Bonchev–Trinajstić information content (AvgIpc) is 2.82. The zero-order valence-electron chi connectivity index (χ0n) is 21.4. The number of hydrogen-bond donors (Lipinski definition) is 0. The molecular formula is C28H56NOP. The fourth-order valence-corrected chi connectivity index (χ4v) is 10.9. The van der Waals surface area contributed by atoms with Gasteiger partial charge >= 0.3 is 0 Å². The lowest BCUT2D eigenvalue weighted by Crippen LogP contribution is -2.36. The summed E-state index contributed by atoms with van der Waals surface area (Å²) in [5.74, 6) is 0. The molecule has 2 saturated carbocycles. The standard InChI is InChI=1S/C28H56NOP/c1-3-5-7-9-11-19-25-29(26-20-12-10-8-6-4-2)31(30,27-21-15-13-16-22-27)28-23-17-14-18-24-28/h27-28H,3-26H2,1-2H3. The molecule has 2 nitrogen and oxygen atoms in total. The predicted octanol–water partition coefficient (Wildman–Crippen LogP) is 9.95. The number of rotatable bonds is 17. The SMILES string of the molecule is CCCCCCCCN(CCCCCCCC)P(=O)(C1CCCCC1)C1CCCCC1. The Labute approximate surface area is 196 Å². The quantitative estimate of drug-likeness (QED) is 0.161. The van der Waals surface area contributed by atoms with Crippen LogP contribution in [0.25, 0.3) is 0 Å². The Morgan fingerprint density at radius 2 is 0.903 bits per heavy atom. The van der Waals surface area contributed by atoms with E-state index in [1.165, 1.54) is 141 Å². The first-order chi connectivity index (χ1) is 15.2. The molecule has 0 saturated heterocycles. The summed E-state index contributed by atoms with van der Waals surface area (Å²) in [7, 11) is -2.27. The van der Waals surface area contributed by atoms with Gasteiger partial charge in [0.15, 0.2) is 7.29 Å². The normalized spacial score (nSPS) is 19.3. The van der Waals surface area contributed by atoms with Crippen LogP contribution in [0.4, 0.5) is 0 Å². The van der Waals surface area contributed by atoms with E-state index in [9.17, 15) is 0 Å². The fraction of sp³-hybridized carbons (Fsp3) is 1.00. The maximum Gasteiger partial charge on any atom is 0.156 e. The summed E-state index contributed by atoms with van der Waals surface area (Å²) in [4.78, 5) is 0. The second kappa shape index (κ2) is 16.7. The molecule has 2 fully saturated rings. The van der Waals surface area contributed by atoms with Crippen LogP contribution in [-0.4, -0.2) is 29.1 Å². The van der Waals surface area contributed by atoms with Gasteiger partial charge in [-0.1, -0.05) is 117 Å². The third-order valence-corrected chi connectivity index (χ3v) is 12.6. The third kappa shape index (κ3) is 9.52. The molecule has 0 aromatic rings. The minimum atomic E-state index is -2.27. The van der Waals surface area contributed by atoms with Gasteiger partial charge in [0.05, 0.1) is 0 Å². The Bertz CT molecular complexity index is 430. The largest absolute Gasteiger partial charge is 0.306 e. The van der Waals surface area contributed by atoms with Gasteiger partial charge in [-0.3, -0.25) is 4.67 Å². The van der Waals surface area contributed by atoms with Crippen LogP contribution in [0.1, 0.15) is 155 Å². The molecule has 2 aliphatic rings. The molecular weight excluding hydrogens is 397 g/mol. The summed E-state index contributed by atoms with van der Waals surface area (Å²) in [6.07, 6.45) is 29.1. The highest BCUT2D eigenvalue weighted by molar-refractivity contribution is 7.63. The second-order valence-electron chi connectivity index (χ2n) is 10.7. The summed E-state index contributed by atoms with van der Waals surface area (Å²) < 4.78 is 17.7. The van der Waals surface area contributed by atoms with E-state index < -0.39 is 7.29 Å². The second-order valence-corrected chi connectivity index (χ2v) is 14.1. The van der Waals surface area contributed by atoms with Gasteiger partial charge < -0.3 is 4.57 Å². The smallest absolute Gasteiger partial charge is 0.156 e. The topological polar surface area (TPSA) is 20.3 Å². The Kier molecular flexibility index (Phi) is 14.8. The van der Waals surface area contributed by atoms with Gasteiger partial charge in [0, 0.05) is 24.4 Å². The van der Waals surface area contributed by atoms with Crippen molar-refractivity contribution < 1.29 is 4.57 Å². The van der Waals surface area contributed by atoms with Crippen LogP contribution in [0.3, 0.4) is 0 Å². The molecule has 0 radical (unpaired) electrons. The molecule has 0 spiro atoms. The average molecular weight is 454 g/mol. The fourth-order valence-electron chi connectivity index (χ4n) is 6.24. The van der Waals surface area contributed by atoms with Crippen LogP contribution in [0, 0.1) is 0 Å². The van der Waals surface area contributed by atoms with E-state index in [0.717, 1.165) is 13.1 Å². The van der Waals surface area contributed by atoms with Crippen LogP contribution in [0.5, 0.6) is 0 Å². The van der Waals surface area contributed by atoms with Crippen LogP contribution in [0.15, 0.2) is 0 Å². The molecule has 0 amide bonds. The van der Waals surface area contributed by atoms with Crippen molar-refractivity contribution in [3.05, 3.63) is 0 Å². The van der Waals surface area contributed by atoms with Crippen molar-refractivity contribution in [2.45, 2.75) is 166 Å². The lowest BCUT2D eigenvalue weighted by molar-refractivity contribution is 0.345. The molecule has 0 unspecified atom stereocenters. The van der Waals surface area contributed by atoms with E-state index in [-0.39, 0.29) is 0 Å². The van der Waals surface area contributed by atoms with Crippen molar-refractivity contribution in [1.82, 2.24) is 4.67 Å². The molecule has 3 heteroatoms.